The minimum atomic E-state index is -0.142. The quantitative estimate of drug-likeness (QED) is 0.935. The van der Waals surface area contributed by atoms with E-state index in [-0.39, 0.29) is 6.03 Å². The number of urea groups is 1. The molecule has 1 aliphatic rings. The van der Waals surface area contributed by atoms with Gasteiger partial charge in [-0.1, -0.05) is 0 Å². The zero-order valence-electron chi connectivity index (χ0n) is 13.1. The molecule has 1 N–H and O–H groups in total. The number of nitrogens with one attached hydrogen (secondary N) is 1. The molecule has 0 saturated carbocycles. The maximum Gasteiger partial charge on any atom is 0.321 e. The fourth-order valence-corrected chi connectivity index (χ4v) is 3.05. The number of amides is 2. The molecule has 0 unspecified atom stereocenters. The second-order valence-corrected chi connectivity index (χ2v) is 6.20. The summed E-state index contributed by atoms with van der Waals surface area (Å²) in [6, 6.07) is 5.69. The van der Waals surface area contributed by atoms with Crippen molar-refractivity contribution in [2.75, 3.05) is 43.6 Å². The number of hydrogen-bond acceptors (Lipinski definition) is 5. The van der Waals surface area contributed by atoms with Crippen molar-refractivity contribution in [2.45, 2.75) is 6.54 Å². The monoisotopic (exact) mass is 332 g/mol. The third-order valence-corrected chi connectivity index (χ3v) is 4.41. The molecule has 6 nitrogen and oxygen atoms in total. The molecule has 122 valence electrons. The number of carbonyl (C=O) groups excluding carboxylic acids is 1. The van der Waals surface area contributed by atoms with Gasteiger partial charge in [0, 0.05) is 26.7 Å². The Kier molecular flexibility index (Phi) is 5.09. The Balaban J connectivity index is 1.55. The molecule has 0 atom stereocenters. The van der Waals surface area contributed by atoms with Crippen molar-refractivity contribution >= 4 is 28.9 Å². The minimum absolute atomic E-state index is 0.142. The summed E-state index contributed by atoms with van der Waals surface area (Å²) in [6.07, 6.45) is 1.70. The van der Waals surface area contributed by atoms with Gasteiger partial charge < -0.3 is 19.9 Å². The van der Waals surface area contributed by atoms with Crippen LogP contribution in [0.2, 0.25) is 0 Å². The summed E-state index contributed by atoms with van der Waals surface area (Å²) >= 11 is 1.63. The van der Waals surface area contributed by atoms with E-state index in [2.05, 4.69) is 15.2 Å². The summed E-state index contributed by atoms with van der Waals surface area (Å²) in [5.41, 5.74) is 1.83. The number of hydrogen-bond donors (Lipinski definition) is 1. The minimum Gasteiger partial charge on any atom is -0.378 e. The van der Waals surface area contributed by atoms with Gasteiger partial charge in [0.2, 0.25) is 0 Å². The van der Waals surface area contributed by atoms with Crippen molar-refractivity contribution in [1.82, 2.24) is 9.88 Å². The Morgan fingerprint density at radius 1 is 1.39 bits per heavy atom. The zero-order chi connectivity index (χ0) is 16.1. The van der Waals surface area contributed by atoms with E-state index in [1.165, 1.54) is 0 Å². The van der Waals surface area contributed by atoms with Gasteiger partial charge in [-0.25, -0.2) is 9.78 Å². The first-order valence-corrected chi connectivity index (χ1v) is 8.48. The van der Waals surface area contributed by atoms with Crippen LogP contribution >= 0.6 is 11.3 Å². The van der Waals surface area contributed by atoms with Crippen molar-refractivity contribution in [3.8, 4) is 0 Å². The van der Waals surface area contributed by atoms with Gasteiger partial charge in [-0.3, -0.25) is 0 Å². The fraction of sp³-hybridized carbons (Fsp3) is 0.375. The first-order chi connectivity index (χ1) is 11.2. The van der Waals surface area contributed by atoms with Crippen LogP contribution in [-0.2, 0) is 11.3 Å². The van der Waals surface area contributed by atoms with Gasteiger partial charge in [-0.15, -0.1) is 0 Å². The average Bonchev–Trinajstić information content (AvgIpc) is 3.09. The third kappa shape index (κ3) is 4.20. The summed E-state index contributed by atoms with van der Waals surface area (Å²) in [5, 5.41) is 6.92. The number of rotatable bonds is 4. The number of ether oxygens (including phenoxy) is 1. The normalized spacial score (nSPS) is 14.6. The number of morpholine rings is 1. The molecule has 0 aliphatic carbocycles. The van der Waals surface area contributed by atoms with Crippen molar-refractivity contribution in [3.63, 3.8) is 0 Å². The molecule has 3 rings (SSSR count). The van der Waals surface area contributed by atoms with E-state index in [0.29, 0.717) is 12.2 Å². The van der Waals surface area contributed by atoms with E-state index < -0.39 is 0 Å². The molecule has 23 heavy (non-hydrogen) atoms. The number of thiophene rings is 1. The Bertz CT molecular complexity index is 624. The van der Waals surface area contributed by atoms with Crippen molar-refractivity contribution in [2.24, 2.45) is 0 Å². The van der Waals surface area contributed by atoms with Crippen LogP contribution in [0.1, 0.15) is 5.56 Å². The second-order valence-electron chi connectivity index (χ2n) is 5.42. The highest BCUT2D eigenvalue weighted by Gasteiger charge is 2.13. The zero-order valence-corrected chi connectivity index (χ0v) is 13.9. The molecule has 1 aliphatic heterocycles. The van der Waals surface area contributed by atoms with Gasteiger partial charge in [-0.05, 0) is 34.5 Å². The number of carbonyl (C=O) groups is 1. The summed E-state index contributed by atoms with van der Waals surface area (Å²) in [5.74, 6) is 0.915. The lowest BCUT2D eigenvalue weighted by Crippen LogP contribution is -2.36. The molecule has 1 fully saturated rings. The predicted molar refractivity (Wildman–Crippen MR) is 92.1 cm³/mol. The maximum absolute atomic E-state index is 12.2. The molecule has 0 radical (unpaired) electrons. The third-order valence-electron chi connectivity index (χ3n) is 3.68. The summed E-state index contributed by atoms with van der Waals surface area (Å²) in [4.78, 5) is 20.4. The second kappa shape index (κ2) is 7.43. The van der Waals surface area contributed by atoms with Crippen LogP contribution in [0.25, 0.3) is 0 Å². The van der Waals surface area contributed by atoms with Crippen LogP contribution < -0.4 is 10.2 Å². The van der Waals surface area contributed by atoms with Crippen LogP contribution in [0, 0.1) is 0 Å². The van der Waals surface area contributed by atoms with Crippen LogP contribution in [0.5, 0.6) is 0 Å². The Hall–Kier alpha value is -2.12. The summed E-state index contributed by atoms with van der Waals surface area (Å²) < 4.78 is 5.34. The van der Waals surface area contributed by atoms with Crippen molar-refractivity contribution < 1.29 is 9.53 Å². The summed E-state index contributed by atoms with van der Waals surface area (Å²) in [7, 11) is 1.78. The number of nitrogens with zero attached hydrogens (tertiary/aromatic N) is 3. The molecule has 2 amide bonds. The van der Waals surface area contributed by atoms with Gasteiger partial charge in [0.1, 0.15) is 5.82 Å². The topological polar surface area (TPSA) is 57.7 Å². The molecule has 3 heterocycles. The highest BCUT2D eigenvalue weighted by atomic mass is 32.1. The van der Waals surface area contributed by atoms with Gasteiger partial charge in [0.25, 0.3) is 0 Å². The molecular weight excluding hydrogens is 312 g/mol. The number of aromatic nitrogens is 1. The fourth-order valence-electron chi connectivity index (χ4n) is 2.39. The lowest BCUT2D eigenvalue weighted by Gasteiger charge is -2.27. The van der Waals surface area contributed by atoms with E-state index in [9.17, 15) is 4.79 Å². The Morgan fingerprint density at radius 3 is 2.87 bits per heavy atom. The Morgan fingerprint density at radius 2 is 2.22 bits per heavy atom. The largest absolute Gasteiger partial charge is 0.378 e. The lowest BCUT2D eigenvalue weighted by molar-refractivity contribution is 0.122. The van der Waals surface area contributed by atoms with Crippen LogP contribution in [0.3, 0.4) is 0 Å². The van der Waals surface area contributed by atoms with Gasteiger partial charge in [0.15, 0.2) is 0 Å². The maximum atomic E-state index is 12.2. The van der Waals surface area contributed by atoms with Gasteiger partial charge >= 0.3 is 6.03 Å². The van der Waals surface area contributed by atoms with Crippen LogP contribution in [-0.4, -0.2) is 49.3 Å². The molecule has 2 aromatic heterocycles. The average molecular weight is 332 g/mol. The lowest BCUT2D eigenvalue weighted by atomic mass is 10.3. The van der Waals surface area contributed by atoms with Crippen molar-refractivity contribution in [3.05, 3.63) is 40.7 Å². The summed E-state index contributed by atoms with van der Waals surface area (Å²) in [6.45, 7) is 3.75. The molecule has 0 spiro atoms. The van der Waals surface area contributed by atoms with Crippen molar-refractivity contribution in [1.29, 1.82) is 0 Å². The molecule has 1 saturated heterocycles. The number of anilines is 2. The molecule has 7 heteroatoms. The van der Waals surface area contributed by atoms with Crippen LogP contribution in [0.15, 0.2) is 35.2 Å². The highest BCUT2D eigenvalue weighted by molar-refractivity contribution is 7.07. The predicted octanol–water partition coefficient (Wildman–Crippen LogP) is 2.64. The number of pyridine rings is 1. The van der Waals surface area contributed by atoms with E-state index in [0.717, 1.165) is 37.7 Å². The Labute approximate surface area is 139 Å². The molecule has 2 aromatic rings. The van der Waals surface area contributed by atoms with E-state index in [1.54, 1.807) is 29.5 Å². The standard InChI is InChI=1S/C16H20N4O2S/c1-19(11-13-4-9-23-12-13)16(21)18-14-2-3-15(17-10-14)20-5-7-22-8-6-20/h2-4,9-10,12H,5-8,11H2,1H3,(H,18,21). The van der Waals surface area contributed by atoms with Crippen LogP contribution in [0.4, 0.5) is 16.3 Å². The first kappa shape index (κ1) is 15.8. The molecule has 0 bridgehead atoms. The van der Waals surface area contributed by atoms with Gasteiger partial charge in [0.05, 0.1) is 25.1 Å². The molecular formula is C16H20N4O2S. The van der Waals surface area contributed by atoms with E-state index >= 15 is 0 Å². The molecule has 0 aromatic carbocycles. The van der Waals surface area contributed by atoms with E-state index in [1.807, 2.05) is 29.0 Å². The van der Waals surface area contributed by atoms with E-state index in [4.69, 9.17) is 4.74 Å². The van der Waals surface area contributed by atoms with Gasteiger partial charge in [-0.2, -0.15) is 11.3 Å². The SMILES string of the molecule is CN(Cc1ccsc1)C(=O)Nc1ccc(N2CCOCC2)nc1. The first-order valence-electron chi connectivity index (χ1n) is 7.54. The smallest absolute Gasteiger partial charge is 0.321 e. The highest BCUT2D eigenvalue weighted by Crippen LogP contribution is 2.16.